The Bertz CT molecular complexity index is 761. The van der Waals surface area contributed by atoms with Crippen LogP contribution in [0.15, 0.2) is 36.7 Å². The second-order valence-corrected chi connectivity index (χ2v) is 6.49. The summed E-state index contributed by atoms with van der Waals surface area (Å²) in [6.45, 7) is -0.248. The van der Waals surface area contributed by atoms with Gasteiger partial charge in [-0.15, -0.1) is 0 Å². The molecule has 1 saturated heterocycles. The Labute approximate surface area is 146 Å². The fraction of sp³-hybridized carbons (Fsp3) is 0.375. The molecule has 1 aliphatic rings. The molecule has 25 heavy (non-hydrogen) atoms. The standard InChI is InChI=1S/C16H15ClF3N3O2/c17-11-1-3-12(4-2-11)23-7-10(5-21-23)6-22-8-13(15(24)25)14(9-22)16(18,19)20/h1-5,7,13-14H,6,8-9H2,(H,24,25)/t13-,14-/m1/s1. The summed E-state index contributed by atoms with van der Waals surface area (Å²) in [5.74, 6) is -4.70. The van der Waals surface area contributed by atoms with Crippen molar-refractivity contribution < 1.29 is 23.1 Å². The Morgan fingerprint density at radius 1 is 1.28 bits per heavy atom. The molecule has 5 nitrogen and oxygen atoms in total. The predicted octanol–water partition coefficient (Wildman–Crippen LogP) is 3.22. The summed E-state index contributed by atoms with van der Waals surface area (Å²) in [4.78, 5) is 12.6. The number of alkyl halides is 3. The van der Waals surface area contributed by atoms with Gasteiger partial charge in [0.15, 0.2) is 0 Å². The molecule has 9 heteroatoms. The number of hydrogen-bond acceptors (Lipinski definition) is 3. The van der Waals surface area contributed by atoms with E-state index in [-0.39, 0.29) is 19.6 Å². The van der Waals surface area contributed by atoms with Crippen molar-refractivity contribution in [2.75, 3.05) is 13.1 Å². The van der Waals surface area contributed by atoms with Crippen LogP contribution in [-0.4, -0.2) is 45.0 Å². The highest BCUT2D eigenvalue weighted by molar-refractivity contribution is 6.30. The predicted molar refractivity (Wildman–Crippen MR) is 84.5 cm³/mol. The maximum atomic E-state index is 13.0. The molecular formula is C16H15ClF3N3O2. The van der Waals surface area contributed by atoms with Crippen LogP contribution in [0.2, 0.25) is 5.02 Å². The Hall–Kier alpha value is -2.06. The van der Waals surface area contributed by atoms with E-state index in [4.69, 9.17) is 16.7 Å². The van der Waals surface area contributed by atoms with Gasteiger partial charge < -0.3 is 5.11 Å². The van der Waals surface area contributed by atoms with Crippen molar-refractivity contribution in [2.24, 2.45) is 11.8 Å². The van der Waals surface area contributed by atoms with E-state index in [1.54, 1.807) is 41.3 Å². The van der Waals surface area contributed by atoms with Crippen LogP contribution in [0.5, 0.6) is 0 Å². The highest BCUT2D eigenvalue weighted by Gasteiger charge is 2.52. The first-order valence-corrected chi connectivity index (χ1v) is 7.93. The highest BCUT2D eigenvalue weighted by Crippen LogP contribution is 2.38. The number of carbonyl (C=O) groups is 1. The van der Waals surface area contributed by atoms with Crippen molar-refractivity contribution in [1.29, 1.82) is 0 Å². The van der Waals surface area contributed by atoms with Crippen molar-refractivity contribution in [3.8, 4) is 5.69 Å². The van der Waals surface area contributed by atoms with Crippen molar-refractivity contribution in [3.63, 3.8) is 0 Å². The molecule has 0 saturated carbocycles. The summed E-state index contributed by atoms with van der Waals surface area (Å²) in [6, 6.07) is 6.97. The third-order valence-corrected chi connectivity index (χ3v) is 4.52. The summed E-state index contributed by atoms with van der Waals surface area (Å²) < 4.78 is 40.7. The molecule has 0 aliphatic carbocycles. The second kappa shape index (κ2) is 6.68. The lowest BCUT2D eigenvalue weighted by Crippen LogP contribution is -2.33. The molecule has 3 rings (SSSR count). The SMILES string of the molecule is O=C(O)[C@@H]1CN(Cc2cnn(-c3ccc(Cl)cc3)c2)C[C@H]1C(F)(F)F. The zero-order chi connectivity index (χ0) is 18.2. The summed E-state index contributed by atoms with van der Waals surface area (Å²) >= 11 is 5.83. The van der Waals surface area contributed by atoms with Gasteiger partial charge in [-0.3, -0.25) is 9.69 Å². The van der Waals surface area contributed by atoms with Crippen molar-refractivity contribution >= 4 is 17.6 Å². The van der Waals surface area contributed by atoms with Crippen LogP contribution in [0.1, 0.15) is 5.56 Å². The molecule has 0 bridgehead atoms. The molecular weight excluding hydrogens is 359 g/mol. The number of nitrogens with zero attached hydrogens (tertiary/aromatic N) is 3. The molecule has 2 aromatic rings. The average molecular weight is 374 g/mol. The topological polar surface area (TPSA) is 58.4 Å². The maximum Gasteiger partial charge on any atom is 0.393 e. The molecule has 2 heterocycles. The first kappa shape index (κ1) is 17.8. The van der Waals surface area contributed by atoms with Gasteiger partial charge in [-0.25, -0.2) is 4.68 Å². The Kier molecular flexibility index (Phi) is 4.75. The zero-order valence-corrected chi connectivity index (χ0v) is 13.7. The number of carboxylic acid groups (broad SMARTS) is 1. The van der Waals surface area contributed by atoms with E-state index in [0.29, 0.717) is 10.6 Å². The van der Waals surface area contributed by atoms with E-state index in [0.717, 1.165) is 5.69 Å². The summed E-state index contributed by atoms with van der Waals surface area (Å²) in [5.41, 5.74) is 1.48. The number of carboxylic acids is 1. The minimum atomic E-state index is -4.52. The van der Waals surface area contributed by atoms with Crippen LogP contribution in [0, 0.1) is 11.8 Å². The third-order valence-electron chi connectivity index (χ3n) is 4.27. The van der Waals surface area contributed by atoms with Gasteiger partial charge in [-0.05, 0) is 24.3 Å². The fourth-order valence-corrected chi connectivity index (χ4v) is 3.16. The number of aromatic nitrogens is 2. The summed E-state index contributed by atoms with van der Waals surface area (Å²) in [7, 11) is 0. The molecule has 0 radical (unpaired) electrons. The van der Waals surface area contributed by atoms with E-state index in [1.807, 2.05) is 0 Å². The second-order valence-electron chi connectivity index (χ2n) is 6.06. The van der Waals surface area contributed by atoms with Gasteiger partial charge in [0, 0.05) is 36.4 Å². The quantitative estimate of drug-likeness (QED) is 0.894. The summed E-state index contributed by atoms with van der Waals surface area (Å²) in [5, 5.41) is 13.8. The van der Waals surface area contributed by atoms with Crippen molar-refractivity contribution in [2.45, 2.75) is 12.7 Å². The molecule has 2 atom stereocenters. The van der Waals surface area contributed by atoms with Gasteiger partial charge >= 0.3 is 12.1 Å². The number of rotatable bonds is 4. The Morgan fingerprint density at radius 3 is 2.52 bits per heavy atom. The molecule has 1 N–H and O–H groups in total. The largest absolute Gasteiger partial charge is 0.481 e. The number of aliphatic carboxylic acids is 1. The minimum Gasteiger partial charge on any atom is -0.481 e. The van der Waals surface area contributed by atoms with Gasteiger partial charge in [0.05, 0.1) is 23.7 Å². The number of hydrogen-bond donors (Lipinski definition) is 1. The number of benzene rings is 1. The lowest BCUT2D eigenvalue weighted by molar-refractivity contribution is -0.188. The third kappa shape index (κ3) is 3.96. The van der Waals surface area contributed by atoms with Crippen LogP contribution in [0.25, 0.3) is 5.69 Å². The molecule has 134 valence electrons. The normalized spacial score (nSPS) is 21.6. The van der Waals surface area contributed by atoms with Crippen LogP contribution in [0.4, 0.5) is 13.2 Å². The van der Waals surface area contributed by atoms with E-state index >= 15 is 0 Å². The van der Waals surface area contributed by atoms with Crippen molar-refractivity contribution in [3.05, 3.63) is 47.2 Å². The van der Waals surface area contributed by atoms with E-state index in [2.05, 4.69) is 5.10 Å². The van der Waals surface area contributed by atoms with Crippen LogP contribution >= 0.6 is 11.6 Å². The van der Waals surface area contributed by atoms with Crippen LogP contribution in [-0.2, 0) is 11.3 Å². The molecule has 0 amide bonds. The van der Waals surface area contributed by atoms with Crippen LogP contribution < -0.4 is 0 Å². The molecule has 1 aromatic carbocycles. The van der Waals surface area contributed by atoms with Gasteiger partial charge in [-0.2, -0.15) is 18.3 Å². The summed E-state index contributed by atoms with van der Waals surface area (Å²) in [6.07, 6.45) is -1.25. The minimum absolute atomic E-state index is 0.133. The van der Waals surface area contributed by atoms with Crippen molar-refractivity contribution in [1.82, 2.24) is 14.7 Å². The smallest absolute Gasteiger partial charge is 0.393 e. The fourth-order valence-electron chi connectivity index (χ4n) is 3.03. The van der Waals surface area contributed by atoms with Gasteiger partial charge in [-0.1, -0.05) is 11.6 Å². The molecule has 1 fully saturated rings. The maximum absolute atomic E-state index is 13.0. The monoisotopic (exact) mass is 373 g/mol. The number of halogens is 4. The number of likely N-dealkylation sites (tertiary alicyclic amines) is 1. The van der Waals surface area contributed by atoms with E-state index in [1.165, 1.54) is 4.90 Å². The van der Waals surface area contributed by atoms with E-state index in [9.17, 15) is 18.0 Å². The first-order valence-electron chi connectivity index (χ1n) is 7.55. The molecule has 0 spiro atoms. The average Bonchev–Trinajstić information content (AvgIpc) is 3.15. The van der Waals surface area contributed by atoms with Crippen LogP contribution in [0.3, 0.4) is 0 Å². The van der Waals surface area contributed by atoms with Gasteiger partial charge in [0.25, 0.3) is 0 Å². The molecule has 1 aliphatic heterocycles. The first-order chi connectivity index (χ1) is 11.7. The Morgan fingerprint density at radius 2 is 1.96 bits per heavy atom. The van der Waals surface area contributed by atoms with E-state index < -0.39 is 24.0 Å². The molecule has 1 aromatic heterocycles. The van der Waals surface area contributed by atoms with Gasteiger partial charge in [0.2, 0.25) is 0 Å². The lowest BCUT2D eigenvalue weighted by atomic mass is 9.96. The Balaban J connectivity index is 1.71. The highest BCUT2D eigenvalue weighted by atomic mass is 35.5. The molecule has 0 unspecified atom stereocenters. The zero-order valence-electron chi connectivity index (χ0n) is 12.9. The van der Waals surface area contributed by atoms with Gasteiger partial charge in [0.1, 0.15) is 0 Å². The lowest BCUT2D eigenvalue weighted by Gasteiger charge is -2.18.